The normalized spacial score (nSPS) is 12.8. The van der Waals surface area contributed by atoms with E-state index < -0.39 is 34.3 Å². The summed E-state index contributed by atoms with van der Waals surface area (Å²) in [6.45, 7) is 6.96. The van der Waals surface area contributed by atoms with Gasteiger partial charge >= 0.3 is 0 Å². The highest BCUT2D eigenvalue weighted by atomic mass is 32.2. The number of hydrogen-bond acceptors (Lipinski definition) is 4. The lowest BCUT2D eigenvalue weighted by molar-refractivity contribution is -0.139. The number of nitrogens with zero attached hydrogens (tertiary/aromatic N) is 2. The fraction of sp³-hybridized carbons (Fsp3) is 0.333. The molecule has 0 heterocycles. The van der Waals surface area contributed by atoms with E-state index in [0.29, 0.717) is 6.42 Å². The van der Waals surface area contributed by atoms with Crippen LogP contribution in [0, 0.1) is 12.7 Å². The first-order chi connectivity index (χ1) is 18.5. The van der Waals surface area contributed by atoms with E-state index in [4.69, 9.17) is 0 Å². The van der Waals surface area contributed by atoms with Gasteiger partial charge in [-0.15, -0.1) is 0 Å². The van der Waals surface area contributed by atoms with Crippen LogP contribution < -0.4 is 9.62 Å². The van der Waals surface area contributed by atoms with Gasteiger partial charge in [0.05, 0.1) is 10.6 Å². The third-order valence-corrected chi connectivity index (χ3v) is 8.44. The smallest absolute Gasteiger partial charge is 0.264 e. The van der Waals surface area contributed by atoms with Crippen LogP contribution in [-0.4, -0.2) is 50.3 Å². The molecule has 0 bridgehead atoms. The molecule has 0 aliphatic carbocycles. The van der Waals surface area contributed by atoms with Gasteiger partial charge < -0.3 is 10.2 Å². The summed E-state index contributed by atoms with van der Waals surface area (Å²) >= 11 is 0. The molecule has 2 atom stereocenters. The van der Waals surface area contributed by atoms with Gasteiger partial charge in [0.25, 0.3) is 10.0 Å². The molecule has 3 aromatic carbocycles. The molecule has 9 heteroatoms. The molecule has 0 aliphatic heterocycles. The molecule has 0 radical (unpaired) electrons. The monoisotopic (exact) mass is 553 g/mol. The van der Waals surface area contributed by atoms with Crippen molar-refractivity contribution in [1.82, 2.24) is 10.2 Å². The Morgan fingerprint density at radius 3 is 2.13 bits per heavy atom. The first-order valence-corrected chi connectivity index (χ1v) is 14.5. The molecule has 3 rings (SSSR count). The number of carbonyl (C=O) groups excluding carboxylic acids is 2. The molecule has 0 spiro atoms. The molecular weight excluding hydrogens is 517 g/mol. The Bertz CT molecular complexity index is 1350. The van der Waals surface area contributed by atoms with Crippen LogP contribution in [-0.2, 0) is 26.0 Å². The highest BCUT2D eigenvalue weighted by Crippen LogP contribution is 2.25. The van der Waals surface area contributed by atoms with Crippen LogP contribution in [0.2, 0.25) is 0 Å². The van der Waals surface area contributed by atoms with Crippen LogP contribution in [0.1, 0.15) is 38.3 Å². The van der Waals surface area contributed by atoms with E-state index in [9.17, 15) is 22.4 Å². The maximum atomic E-state index is 13.8. The molecule has 0 fully saturated rings. The summed E-state index contributed by atoms with van der Waals surface area (Å²) in [5.74, 6) is -1.39. The number of rotatable bonds is 12. The van der Waals surface area contributed by atoms with Crippen LogP contribution in [0.5, 0.6) is 0 Å². The topological polar surface area (TPSA) is 86.8 Å². The summed E-state index contributed by atoms with van der Waals surface area (Å²) in [6, 6.07) is 19.8. The SMILES string of the molecule is CC[C@@H](C)NC(=O)[C@@H](C)N(CCc1ccccc1)C(=O)CN(c1ccc(F)cc1)S(=O)(=O)c1ccc(C)cc1. The van der Waals surface area contributed by atoms with Crippen molar-refractivity contribution in [2.24, 2.45) is 0 Å². The number of halogens is 1. The van der Waals surface area contributed by atoms with E-state index in [1.165, 1.54) is 29.2 Å². The molecule has 7 nitrogen and oxygen atoms in total. The van der Waals surface area contributed by atoms with Crippen molar-refractivity contribution in [1.29, 1.82) is 0 Å². The summed E-state index contributed by atoms with van der Waals surface area (Å²) in [6.07, 6.45) is 1.21. The van der Waals surface area contributed by atoms with Crippen molar-refractivity contribution in [3.05, 3.63) is 95.8 Å². The Hall–Kier alpha value is -3.72. The van der Waals surface area contributed by atoms with Gasteiger partial charge in [0, 0.05) is 12.6 Å². The van der Waals surface area contributed by atoms with Gasteiger partial charge in [-0.2, -0.15) is 0 Å². The molecule has 2 amide bonds. The van der Waals surface area contributed by atoms with Gasteiger partial charge in [-0.1, -0.05) is 55.0 Å². The maximum absolute atomic E-state index is 13.8. The lowest BCUT2D eigenvalue weighted by Gasteiger charge is -2.32. The second kappa shape index (κ2) is 13.4. The Morgan fingerprint density at radius 2 is 1.54 bits per heavy atom. The van der Waals surface area contributed by atoms with Crippen molar-refractivity contribution in [2.75, 3.05) is 17.4 Å². The average Bonchev–Trinajstić information content (AvgIpc) is 2.93. The number of anilines is 1. The summed E-state index contributed by atoms with van der Waals surface area (Å²) in [7, 11) is -4.19. The van der Waals surface area contributed by atoms with Crippen molar-refractivity contribution in [2.45, 2.75) is 57.5 Å². The van der Waals surface area contributed by atoms with Crippen molar-refractivity contribution >= 4 is 27.5 Å². The minimum atomic E-state index is -4.19. The predicted molar refractivity (Wildman–Crippen MR) is 151 cm³/mol. The van der Waals surface area contributed by atoms with Gasteiger partial charge in [-0.25, -0.2) is 12.8 Å². The van der Waals surface area contributed by atoms with Crippen LogP contribution in [0.3, 0.4) is 0 Å². The Balaban J connectivity index is 1.96. The number of amides is 2. The number of benzene rings is 3. The quantitative estimate of drug-likeness (QED) is 0.352. The highest BCUT2D eigenvalue weighted by Gasteiger charge is 2.32. The summed E-state index contributed by atoms with van der Waals surface area (Å²) in [5, 5.41) is 2.91. The molecule has 3 aromatic rings. The van der Waals surface area contributed by atoms with E-state index >= 15 is 0 Å². The zero-order valence-corrected chi connectivity index (χ0v) is 23.6. The molecule has 0 saturated heterocycles. The maximum Gasteiger partial charge on any atom is 0.264 e. The molecular formula is C30H36FN3O4S. The number of sulfonamides is 1. The highest BCUT2D eigenvalue weighted by molar-refractivity contribution is 7.92. The Labute approximate surface area is 230 Å². The van der Waals surface area contributed by atoms with E-state index in [1.54, 1.807) is 19.1 Å². The van der Waals surface area contributed by atoms with E-state index in [-0.39, 0.29) is 29.1 Å². The largest absolute Gasteiger partial charge is 0.352 e. The van der Waals surface area contributed by atoms with Crippen LogP contribution in [0.25, 0.3) is 0 Å². The third-order valence-electron chi connectivity index (χ3n) is 6.65. The molecule has 39 heavy (non-hydrogen) atoms. The first kappa shape index (κ1) is 29.8. The standard InChI is InChI=1S/C30H36FN3O4S/c1-5-23(3)32-30(36)24(4)33(20-19-25-9-7-6-8-10-25)29(35)21-34(27-15-13-26(31)14-16-27)39(37,38)28-17-11-22(2)12-18-28/h6-18,23-24H,5,19-21H2,1-4H3,(H,32,36)/t23-,24-/m1/s1. The van der Waals surface area contributed by atoms with Crippen molar-refractivity contribution in [3.8, 4) is 0 Å². The zero-order valence-electron chi connectivity index (χ0n) is 22.8. The summed E-state index contributed by atoms with van der Waals surface area (Å²) < 4.78 is 42.1. The van der Waals surface area contributed by atoms with Gasteiger partial charge in [0.1, 0.15) is 18.4 Å². The lowest BCUT2D eigenvalue weighted by Crippen LogP contribution is -2.53. The molecule has 0 unspecified atom stereocenters. The molecule has 1 N–H and O–H groups in total. The fourth-order valence-corrected chi connectivity index (χ4v) is 5.42. The zero-order chi connectivity index (χ0) is 28.6. The van der Waals surface area contributed by atoms with Gasteiger partial charge in [0.15, 0.2) is 0 Å². The fourth-order valence-electron chi connectivity index (χ4n) is 4.01. The van der Waals surface area contributed by atoms with Crippen LogP contribution >= 0.6 is 0 Å². The lowest BCUT2D eigenvalue weighted by atomic mass is 10.1. The Kier molecular flexibility index (Phi) is 10.2. The number of nitrogens with one attached hydrogen (secondary N) is 1. The van der Waals surface area contributed by atoms with Crippen molar-refractivity contribution < 1.29 is 22.4 Å². The van der Waals surface area contributed by atoms with E-state index in [2.05, 4.69) is 5.32 Å². The molecule has 208 valence electrons. The van der Waals surface area contributed by atoms with Gasteiger partial charge in [0.2, 0.25) is 11.8 Å². The number of aryl methyl sites for hydroxylation is 1. The Morgan fingerprint density at radius 1 is 0.923 bits per heavy atom. The summed E-state index contributed by atoms with van der Waals surface area (Å²) in [4.78, 5) is 28.3. The van der Waals surface area contributed by atoms with E-state index in [1.807, 2.05) is 51.1 Å². The third kappa shape index (κ3) is 7.89. The predicted octanol–water partition coefficient (Wildman–Crippen LogP) is 4.70. The second-order valence-corrected chi connectivity index (χ2v) is 11.5. The molecule has 0 aliphatic rings. The summed E-state index contributed by atoms with van der Waals surface area (Å²) in [5.41, 5.74) is 2.00. The minimum Gasteiger partial charge on any atom is -0.352 e. The van der Waals surface area contributed by atoms with Gasteiger partial charge in [-0.05, 0) is 75.6 Å². The molecule has 0 saturated carbocycles. The average molecular weight is 554 g/mol. The minimum absolute atomic E-state index is 0.00335. The number of carbonyl (C=O) groups is 2. The van der Waals surface area contributed by atoms with E-state index in [0.717, 1.165) is 34.0 Å². The second-order valence-electron chi connectivity index (χ2n) is 9.62. The van der Waals surface area contributed by atoms with Gasteiger partial charge in [-0.3, -0.25) is 13.9 Å². The van der Waals surface area contributed by atoms with Crippen LogP contribution in [0.4, 0.5) is 10.1 Å². The number of hydrogen-bond donors (Lipinski definition) is 1. The van der Waals surface area contributed by atoms with Crippen LogP contribution in [0.15, 0.2) is 83.8 Å². The first-order valence-electron chi connectivity index (χ1n) is 13.0. The molecule has 0 aromatic heterocycles. The van der Waals surface area contributed by atoms with Crippen molar-refractivity contribution in [3.63, 3.8) is 0 Å².